The van der Waals surface area contributed by atoms with Crippen molar-refractivity contribution in [1.29, 1.82) is 0 Å². The van der Waals surface area contributed by atoms with Gasteiger partial charge in [0.2, 0.25) is 11.8 Å². The van der Waals surface area contributed by atoms with Crippen molar-refractivity contribution < 1.29 is 9.59 Å². The van der Waals surface area contributed by atoms with Gasteiger partial charge in [0.05, 0.1) is 29.3 Å². The number of hydrogen-bond donors (Lipinski definition) is 2. The summed E-state index contributed by atoms with van der Waals surface area (Å²) >= 11 is 6.07. The molecule has 0 bridgehead atoms. The number of anilines is 1. The lowest BCUT2D eigenvalue weighted by Gasteiger charge is -2.26. The molecule has 0 saturated heterocycles. The molecule has 2 rings (SSSR count). The highest BCUT2D eigenvalue weighted by Crippen LogP contribution is 2.21. The van der Waals surface area contributed by atoms with Gasteiger partial charge in [-0.1, -0.05) is 67.4 Å². The van der Waals surface area contributed by atoms with Gasteiger partial charge in [-0.15, -0.1) is 0 Å². The summed E-state index contributed by atoms with van der Waals surface area (Å²) in [4.78, 5) is 26.8. The summed E-state index contributed by atoms with van der Waals surface area (Å²) in [5.41, 5.74) is 1.65. The molecule has 0 aliphatic rings. The summed E-state index contributed by atoms with van der Waals surface area (Å²) < 4.78 is 0. The first-order valence-corrected chi connectivity index (χ1v) is 9.90. The van der Waals surface area contributed by atoms with Crippen molar-refractivity contribution in [3.63, 3.8) is 0 Å². The summed E-state index contributed by atoms with van der Waals surface area (Å²) in [5.74, 6) is -0.321. The third-order valence-electron chi connectivity index (χ3n) is 4.68. The van der Waals surface area contributed by atoms with Gasteiger partial charge in [-0.25, -0.2) is 0 Å². The molecule has 2 atom stereocenters. The maximum absolute atomic E-state index is 12.7. The number of halogens is 1. The highest BCUT2D eigenvalue weighted by molar-refractivity contribution is 6.33. The number of nitrogens with zero attached hydrogens (tertiary/aromatic N) is 1. The Morgan fingerprint density at radius 1 is 1.07 bits per heavy atom. The summed E-state index contributed by atoms with van der Waals surface area (Å²) in [6, 6.07) is 16.5. The number of rotatable bonds is 9. The van der Waals surface area contributed by atoms with Crippen LogP contribution < -0.4 is 10.6 Å². The molecule has 6 heteroatoms. The third kappa shape index (κ3) is 6.36. The number of para-hydroxylation sites is 1. The second kappa shape index (κ2) is 10.8. The normalized spacial score (nSPS) is 13.0. The molecule has 0 fully saturated rings. The van der Waals surface area contributed by atoms with Gasteiger partial charge >= 0.3 is 0 Å². The minimum absolute atomic E-state index is 0.0356. The van der Waals surface area contributed by atoms with E-state index in [0.29, 0.717) is 10.7 Å². The predicted molar refractivity (Wildman–Crippen MR) is 114 cm³/mol. The molecule has 0 saturated carbocycles. The van der Waals surface area contributed by atoms with E-state index in [4.69, 9.17) is 11.6 Å². The zero-order chi connectivity index (χ0) is 20.5. The summed E-state index contributed by atoms with van der Waals surface area (Å²) in [6.45, 7) is 3.98. The fourth-order valence-electron chi connectivity index (χ4n) is 2.90. The largest absolute Gasteiger partial charge is 0.348 e. The Kier molecular flexibility index (Phi) is 8.48. The van der Waals surface area contributed by atoms with E-state index in [9.17, 15) is 9.59 Å². The Labute approximate surface area is 172 Å². The molecule has 2 amide bonds. The van der Waals surface area contributed by atoms with Crippen LogP contribution in [0.1, 0.15) is 38.3 Å². The van der Waals surface area contributed by atoms with Crippen LogP contribution in [0.25, 0.3) is 0 Å². The summed E-state index contributed by atoms with van der Waals surface area (Å²) in [6.07, 6.45) is 1.82. The molecule has 2 aromatic carbocycles. The monoisotopic (exact) mass is 401 g/mol. The highest BCUT2D eigenvalue weighted by atomic mass is 35.5. The van der Waals surface area contributed by atoms with Gasteiger partial charge in [0, 0.05) is 0 Å². The lowest BCUT2D eigenvalue weighted by atomic mass is 10.0. The molecule has 0 heterocycles. The predicted octanol–water partition coefficient (Wildman–Crippen LogP) is 4.26. The summed E-state index contributed by atoms with van der Waals surface area (Å²) in [7, 11) is 1.76. The molecular weight excluding hydrogens is 374 g/mol. The minimum Gasteiger partial charge on any atom is -0.348 e. The maximum atomic E-state index is 12.7. The van der Waals surface area contributed by atoms with Gasteiger partial charge in [0.1, 0.15) is 0 Å². The lowest BCUT2D eigenvalue weighted by Crippen LogP contribution is -2.46. The van der Waals surface area contributed by atoms with E-state index >= 15 is 0 Å². The van der Waals surface area contributed by atoms with E-state index in [1.54, 1.807) is 43.1 Å². The fraction of sp³-hybridized carbons (Fsp3) is 0.364. The Bertz CT molecular complexity index is 782. The first-order chi connectivity index (χ1) is 13.4. The first kappa shape index (κ1) is 21.9. The van der Waals surface area contributed by atoms with E-state index in [2.05, 4.69) is 17.6 Å². The molecule has 0 unspecified atom stereocenters. The zero-order valence-electron chi connectivity index (χ0n) is 16.6. The molecule has 0 spiro atoms. The molecular formula is C22H28ClN3O2. The van der Waals surface area contributed by atoms with Crippen LogP contribution in [0.2, 0.25) is 5.02 Å². The average Bonchev–Trinajstić information content (AvgIpc) is 2.69. The number of nitrogens with one attached hydrogen (secondary N) is 2. The van der Waals surface area contributed by atoms with Crippen LogP contribution in [0.5, 0.6) is 0 Å². The van der Waals surface area contributed by atoms with Crippen molar-refractivity contribution in [3.05, 3.63) is 65.2 Å². The van der Waals surface area contributed by atoms with Crippen molar-refractivity contribution in [2.75, 3.05) is 18.9 Å². The number of hydrogen-bond acceptors (Lipinski definition) is 3. The molecule has 0 aromatic heterocycles. The second-order valence-corrected chi connectivity index (χ2v) is 7.29. The summed E-state index contributed by atoms with van der Waals surface area (Å²) in [5, 5.41) is 6.37. The number of carbonyl (C=O) groups excluding carboxylic acids is 2. The molecule has 28 heavy (non-hydrogen) atoms. The molecule has 150 valence electrons. The third-order valence-corrected chi connectivity index (χ3v) is 5.01. The Balaban J connectivity index is 1.93. The van der Waals surface area contributed by atoms with Crippen LogP contribution in [0.3, 0.4) is 0 Å². The number of likely N-dealkylation sites (N-methyl/N-ethyl adjacent to an activating group) is 1. The molecule has 2 aromatic rings. The second-order valence-electron chi connectivity index (χ2n) is 6.88. The van der Waals surface area contributed by atoms with Crippen LogP contribution in [0, 0.1) is 0 Å². The minimum atomic E-state index is -0.444. The van der Waals surface area contributed by atoms with Gasteiger partial charge in [-0.2, -0.15) is 0 Å². The fourth-order valence-corrected chi connectivity index (χ4v) is 3.09. The van der Waals surface area contributed by atoms with E-state index in [0.717, 1.165) is 18.4 Å². The smallest absolute Gasteiger partial charge is 0.238 e. The first-order valence-electron chi connectivity index (χ1n) is 9.52. The van der Waals surface area contributed by atoms with E-state index < -0.39 is 6.04 Å². The number of benzene rings is 2. The quantitative estimate of drug-likeness (QED) is 0.660. The topological polar surface area (TPSA) is 61.4 Å². The highest BCUT2D eigenvalue weighted by Gasteiger charge is 2.23. The van der Waals surface area contributed by atoms with Crippen molar-refractivity contribution >= 4 is 29.1 Å². The molecule has 0 radical (unpaired) electrons. The maximum Gasteiger partial charge on any atom is 0.238 e. The zero-order valence-corrected chi connectivity index (χ0v) is 17.4. The van der Waals surface area contributed by atoms with Crippen molar-refractivity contribution in [2.45, 2.75) is 38.8 Å². The van der Waals surface area contributed by atoms with Gasteiger partial charge in [0.25, 0.3) is 0 Å². The molecule has 0 aliphatic carbocycles. The van der Waals surface area contributed by atoms with Crippen LogP contribution in [-0.4, -0.2) is 36.3 Å². The number of amides is 2. The van der Waals surface area contributed by atoms with Gasteiger partial charge in [-0.05, 0) is 38.1 Å². The van der Waals surface area contributed by atoms with E-state index in [1.807, 2.05) is 30.3 Å². The lowest BCUT2D eigenvalue weighted by molar-refractivity contribution is -0.127. The molecule has 0 aliphatic heterocycles. The average molecular weight is 402 g/mol. The standard InChI is InChI=1S/C22H28ClN3O2/c1-4-10-19(17-11-6-5-7-12-17)25-22(28)16(2)26(3)15-21(27)24-20-14-9-8-13-18(20)23/h5-9,11-14,16,19H,4,10,15H2,1-3H3,(H,24,27)(H,25,28)/t16-,19+/m0/s1. The van der Waals surface area contributed by atoms with E-state index in [1.165, 1.54) is 0 Å². The van der Waals surface area contributed by atoms with Gasteiger partial charge < -0.3 is 10.6 Å². The Hall–Kier alpha value is -2.37. The van der Waals surface area contributed by atoms with E-state index in [-0.39, 0.29) is 24.4 Å². The molecule has 5 nitrogen and oxygen atoms in total. The van der Waals surface area contributed by atoms with Crippen molar-refractivity contribution in [2.24, 2.45) is 0 Å². The van der Waals surface area contributed by atoms with Crippen LogP contribution >= 0.6 is 11.6 Å². The SMILES string of the molecule is CCC[C@@H](NC(=O)[C@H](C)N(C)CC(=O)Nc1ccccc1Cl)c1ccccc1. The van der Waals surface area contributed by atoms with Crippen molar-refractivity contribution in [1.82, 2.24) is 10.2 Å². The van der Waals surface area contributed by atoms with Crippen molar-refractivity contribution in [3.8, 4) is 0 Å². The van der Waals surface area contributed by atoms with Crippen LogP contribution in [0.4, 0.5) is 5.69 Å². The molecule has 2 N–H and O–H groups in total. The van der Waals surface area contributed by atoms with Gasteiger partial charge in [-0.3, -0.25) is 14.5 Å². The van der Waals surface area contributed by atoms with Gasteiger partial charge in [0.15, 0.2) is 0 Å². The van der Waals surface area contributed by atoms with Crippen LogP contribution in [-0.2, 0) is 9.59 Å². The van der Waals surface area contributed by atoms with Crippen LogP contribution in [0.15, 0.2) is 54.6 Å². The Morgan fingerprint density at radius 2 is 1.71 bits per heavy atom. The Morgan fingerprint density at radius 3 is 2.36 bits per heavy atom. The number of carbonyl (C=O) groups is 2.